The van der Waals surface area contributed by atoms with E-state index in [1.54, 1.807) is 30.5 Å². The highest BCUT2D eigenvalue weighted by atomic mass is 16.5. The zero-order valence-corrected chi connectivity index (χ0v) is 13.5. The molecule has 128 valence electrons. The molecular weight excluding hydrogens is 322 g/mol. The van der Waals surface area contributed by atoms with Gasteiger partial charge in [-0.15, -0.1) is 0 Å². The van der Waals surface area contributed by atoms with E-state index in [4.69, 9.17) is 4.74 Å². The van der Waals surface area contributed by atoms with Gasteiger partial charge in [-0.1, -0.05) is 0 Å². The molecule has 2 N–H and O–H groups in total. The Balaban J connectivity index is 1.48. The first-order valence-corrected chi connectivity index (χ1v) is 8.19. The van der Waals surface area contributed by atoms with Gasteiger partial charge < -0.3 is 19.9 Å². The van der Waals surface area contributed by atoms with Gasteiger partial charge in [0.15, 0.2) is 6.61 Å². The molecule has 2 aliphatic heterocycles. The van der Waals surface area contributed by atoms with Crippen molar-refractivity contribution in [3.8, 4) is 0 Å². The summed E-state index contributed by atoms with van der Waals surface area (Å²) in [6.45, 7) is 0.497. The average Bonchev–Trinajstić information content (AvgIpc) is 3.30. The van der Waals surface area contributed by atoms with Crippen LogP contribution in [0.15, 0.2) is 36.5 Å². The van der Waals surface area contributed by atoms with E-state index in [-0.39, 0.29) is 24.3 Å². The van der Waals surface area contributed by atoms with Crippen molar-refractivity contribution in [1.82, 2.24) is 4.98 Å². The van der Waals surface area contributed by atoms with Crippen molar-refractivity contribution in [2.75, 3.05) is 23.4 Å². The number of aromatic nitrogens is 1. The normalized spacial score (nSPS) is 18.3. The topological polar surface area (TPSA) is 91.5 Å². The number of benzene rings is 1. The van der Waals surface area contributed by atoms with Crippen LogP contribution in [0.1, 0.15) is 33.7 Å². The summed E-state index contributed by atoms with van der Waals surface area (Å²) in [5, 5.41) is 2.85. The van der Waals surface area contributed by atoms with Gasteiger partial charge in [-0.2, -0.15) is 0 Å². The van der Waals surface area contributed by atoms with Crippen molar-refractivity contribution in [3.63, 3.8) is 0 Å². The summed E-state index contributed by atoms with van der Waals surface area (Å²) in [5.41, 5.74) is 2.22. The Bertz CT molecular complexity index is 844. The number of anilines is 2. The smallest absolute Gasteiger partial charge is 0.338 e. The number of rotatable bonds is 4. The second-order valence-electron chi connectivity index (χ2n) is 6.16. The molecule has 1 aromatic carbocycles. The number of ketones is 1. The maximum absolute atomic E-state index is 12.2. The van der Waals surface area contributed by atoms with E-state index >= 15 is 0 Å². The van der Waals surface area contributed by atoms with E-state index < -0.39 is 5.97 Å². The highest BCUT2D eigenvalue weighted by Gasteiger charge is 2.36. The van der Waals surface area contributed by atoms with E-state index in [0.717, 1.165) is 25.1 Å². The Labute approximate surface area is 144 Å². The lowest BCUT2D eigenvalue weighted by Gasteiger charge is -2.33. The van der Waals surface area contributed by atoms with Crippen molar-refractivity contribution in [3.05, 3.63) is 47.8 Å². The second-order valence-corrected chi connectivity index (χ2v) is 6.16. The summed E-state index contributed by atoms with van der Waals surface area (Å²) in [4.78, 5) is 41.1. The van der Waals surface area contributed by atoms with Gasteiger partial charge in [0.2, 0.25) is 11.7 Å². The zero-order valence-electron chi connectivity index (χ0n) is 13.5. The predicted octanol–water partition coefficient (Wildman–Crippen LogP) is 1.98. The Morgan fingerprint density at radius 2 is 2.16 bits per heavy atom. The quantitative estimate of drug-likeness (QED) is 0.656. The third kappa shape index (κ3) is 2.77. The molecule has 0 unspecified atom stereocenters. The predicted molar refractivity (Wildman–Crippen MR) is 90.8 cm³/mol. The summed E-state index contributed by atoms with van der Waals surface area (Å²) in [5.74, 6) is -0.942. The minimum atomic E-state index is -0.597. The second kappa shape index (κ2) is 6.08. The minimum absolute atomic E-state index is 0.0440. The molecule has 0 bridgehead atoms. The van der Waals surface area contributed by atoms with Crippen LogP contribution in [0.25, 0.3) is 0 Å². The lowest BCUT2D eigenvalue weighted by Crippen LogP contribution is -2.43. The molecule has 1 saturated heterocycles. The molecule has 0 saturated carbocycles. The van der Waals surface area contributed by atoms with Crippen LogP contribution in [-0.2, 0) is 9.53 Å². The number of nitrogens with one attached hydrogen (secondary N) is 2. The standard InChI is InChI=1S/C18H17N3O4/c22-16(12-3-1-7-19-12)10-25-18(24)11-5-6-14-13(9-11)20-17(23)15-4-2-8-21(14)15/h1,3,5-7,9,15,19H,2,4,8,10H2,(H,20,23)/t15-/m0/s1. The van der Waals surface area contributed by atoms with Gasteiger partial charge in [-0.25, -0.2) is 4.79 Å². The molecule has 2 aromatic rings. The first-order chi connectivity index (χ1) is 12.1. The lowest BCUT2D eigenvalue weighted by atomic mass is 10.1. The van der Waals surface area contributed by atoms with Crippen LogP contribution in [-0.4, -0.2) is 41.8 Å². The zero-order chi connectivity index (χ0) is 17.4. The Kier molecular flexibility index (Phi) is 3.76. The number of hydrogen-bond donors (Lipinski definition) is 2. The highest BCUT2D eigenvalue weighted by molar-refractivity contribution is 6.05. The molecule has 2 aliphatic rings. The van der Waals surface area contributed by atoms with Crippen LogP contribution >= 0.6 is 0 Å². The molecule has 1 amide bonds. The summed E-state index contributed by atoms with van der Waals surface area (Å²) in [7, 11) is 0. The largest absolute Gasteiger partial charge is 0.454 e. The summed E-state index contributed by atoms with van der Waals surface area (Å²) in [6, 6.07) is 8.28. The molecule has 3 heterocycles. The van der Waals surface area contributed by atoms with Crippen LogP contribution in [0.3, 0.4) is 0 Å². The van der Waals surface area contributed by atoms with Crippen molar-refractivity contribution in [2.24, 2.45) is 0 Å². The maximum Gasteiger partial charge on any atom is 0.338 e. The van der Waals surface area contributed by atoms with Gasteiger partial charge in [0.1, 0.15) is 6.04 Å². The van der Waals surface area contributed by atoms with Crippen LogP contribution in [0.2, 0.25) is 0 Å². The fraction of sp³-hybridized carbons (Fsp3) is 0.278. The molecule has 0 spiro atoms. The molecule has 7 heteroatoms. The highest BCUT2D eigenvalue weighted by Crippen LogP contribution is 2.37. The number of Topliss-reactive ketones (excluding diaryl/α,β-unsaturated/α-hetero) is 1. The summed E-state index contributed by atoms with van der Waals surface area (Å²) < 4.78 is 5.08. The fourth-order valence-corrected chi connectivity index (χ4v) is 3.35. The van der Waals surface area contributed by atoms with E-state index in [0.29, 0.717) is 16.9 Å². The van der Waals surface area contributed by atoms with Gasteiger partial charge in [0, 0.05) is 12.7 Å². The van der Waals surface area contributed by atoms with Gasteiger partial charge in [0.05, 0.1) is 22.6 Å². The molecule has 4 rings (SSSR count). The first-order valence-electron chi connectivity index (χ1n) is 8.19. The minimum Gasteiger partial charge on any atom is -0.454 e. The third-order valence-electron chi connectivity index (χ3n) is 4.59. The van der Waals surface area contributed by atoms with Gasteiger partial charge >= 0.3 is 5.97 Å². The Hall–Kier alpha value is -3.09. The number of H-pyrrole nitrogens is 1. The van der Waals surface area contributed by atoms with Crippen molar-refractivity contribution >= 4 is 29.0 Å². The number of nitrogens with zero attached hydrogens (tertiary/aromatic N) is 1. The first kappa shape index (κ1) is 15.4. The SMILES string of the molecule is O=C(OCC(=O)c1ccc[nH]1)c1ccc2c(c1)NC(=O)[C@@H]1CCCN21. The molecule has 7 nitrogen and oxygen atoms in total. The lowest BCUT2D eigenvalue weighted by molar-refractivity contribution is -0.117. The van der Waals surface area contributed by atoms with E-state index in [1.165, 1.54) is 0 Å². The van der Waals surface area contributed by atoms with Gasteiger partial charge in [-0.3, -0.25) is 9.59 Å². The number of carbonyl (C=O) groups is 3. The van der Waals surface area contributed by atoms with Crippen LogP contribution in [0, 0.1) is 0 Å². The summed E-state index contributed by atoms with van der Waals surface area (Å²) in [6.07, 6.45) is 3.45. The van der Waals surface area contributed by atoms with Crippen LogP contribution in [0.4, 0.5) is 11.4 Å². The van der Waals surface area contributed by atoms with Crippen molar-refractivity contribution in [2.45, 2.75) is 18.9 Å². The van der Waals surface area contributed by atoms with E-state index in [1.807, 2.05) is 6.07 Å². The average molecular weight is 339 g/mol. The van der Waals surface area contributed by atoms with E-state index in [9.17, 15) is 14.4 Å². The molecular formula is C18H17N3O4. The number of fused-ring (bicyclic) bond motifs is 3. The number of ether oxygens (including phenoxy) is 1. The van der Waals surface area contributed by atoms with Crippen molar-refractivity contribution in [1.29, 1.82) is 0 Å². The molecule has 0 aliphatic carbocycles. The summed E-state index contributed by atoms with van der Waals surface area (Å²) >= 11 is 0. The molecule has 0 radical (unpaired) electrons. The van der Waals surface area contributed by atoms with Crippen molar-refractivity contribution < 1.29 is 19.1 Å². The van der Waals surface area contributed by atoms with Gasteiger partial charge in [-0.05, 0) is 43.2 Å². The van der Waals surface area contributed by atoms with Crippen LogP contribution in [0.5, 0.6) is 0 Å². The number of esters is 1. The molecule has 25 heavy (non-hydrogen) atoms. The van der Waals surface area contributed by atoms with Gasteiger partial charge in [0.25, 0.3) is 0 Å². The Morgan fingerprint density at radius 1 is 1.28 bits per heavy atom. The molecule has 1 atom stereocenters. The number of amides is 1. The Morgan fingerprint density at radius 3 is 2.96 bits per heavy atom. The number of carbonyl (C=O) groups excluding carboxylic acids is 3. The third-order valence-corrected chi connectivity index (χ3v) is 4.59. The fourth-order valence-electron chi connectivity index (χ4n) is 3.35. The van der Waals surface area contributed by atoms with E-state index in [2.05, 4.69) is 15.2 Å². The number of hydrogen-bond acceptors (Lipinski definition) is 5. The monoisotopic (exact) mass is 339 g/mol. The molecule has 1 fully saturated rings. The van der Waals surface area contributed by atoms with Crippen LogP contribution < -0.4 is 10.2 Å². The molecule has 1 aromatic heterocycles. The maximum atomic E-state index is 12.2. The number of aromatic amines is 1.